The molecule has 1 heterocycles. The van der Waals surface area contributed by atoms with Crippen LogP contribution >= 0.6 is 11.6 Å². The van der Waals surface area contributed by atoms with Gasteiger partial charge in [0.2, 0.25) is 0 Å². The van der Waals surface area contributed by atoms with E-state index in [1.54, 1.807) is 0 Å². The molecule has 0 saturated heterocycles. The van der Waals surface area contributed by atoms with E-state index in [4.69, 9.17) is 11.6 Å². The van der Waals surface area contributed by atoms with E-state index in [2.05, 4.69) is 4.98 Å². The molecular weight excluding hydrogens is 282 g/mol. The fraction of sp³-hybridized carbons (Fsp3) is 0.533. The van der Waals surface area contributed by atoms with Gasteiger partial charge in [-0.15, -0.1) is 11.6 Å². The first-order valence-electron chi connectivity index (χ1n) is 6.90. The lowest BCUT2D eigenvalue weighted by molar-refractivity contribution is 0.292. The van der Waals surface area contributed by atoms with Crippen molar-refractivity contribution in [1.29, 1.82) is 0 Å². The highest BCUT2D eigenvalue weighted by Gasteiger charge is 2.29. The highest BCUT2D eigenvalue weighted by molar-refractivity contribution is 6.17. The number of aryl methyl sites for hydroxylation is 1. The molecule has 0 amide bonds. The summed E-state index contributed by atoms with van der Waals surface area (Å²) < 4.78 is 29.7. The zero-order chi connectivity index (χ0) is 14.9. The van der Waals surface area contributed by atoms with Crippen molar-refractivity contribution in [2.45, 2.75) is 45.6 Å². The van der Waals surface area contributed by atoms with Crippen molar-refractivity contribution in [2.24, 2.45) is 0 Å². The molecule has 5 heteroatoms. The van der Waals surface area contributed by atoms with Crippen LogP contribution in [0.1, 0.15) is 39.4 Å². The lowest BCUT2D eigenvalue weighted by atomic mass is 9.94. The summed E-state index contributed by atoms with van der Waals surface area (Å²) in [6, 6.07) is 2.64. The molecule has 0 spiro atoms. The normalized spacial score (nSPS) is 12.3. The molecule has 110 valence electrons. The fourth-order valence-electron chi connectivity index (χ4n) is 2.55. The Hall–Kier alpha value is -1.16. The Bertz CT molecular complexity index is 618. The van der Waals surface area contributed by atoms with Gasteiger partial charge in [-0.25, -0.2) is 13.8 Å². The number of hydrogen-bond acceptors (Lipinski definition) is 1. The minimum Gasteiger partial charge on any atom is -0.320 e. The summed E-state index contributed by atoms with van der Waals surface area (Å²) in [5.41, 5.74) is 0.429. The number of fused-ring (bicyclic) bond motifs is 1. The molecule has 0 bridgehead atoms. The van der Waals surface area contributed by atoms with Crippen molar-refractivity contribution < 1.29 is 8.78 Å². The van der Waals surface area contributed by atoms with Crippen molar-refractivity contribution in [1.82, 2.24) is 9.55 Å². The summed E-state index contributed by atoms with van der Waals surface area (Å²) in [5.74, 6) is -0.558. The molecular formula is C15H19ClF2N2. The Morgan fingerprint density at radius 2 is 1.90 bits per heavy atom. The molecule has 0 N–H and O–H groups in total. The lowest BCUT2D eigenvalue weighted by Crippen LogP contribution is -2.30. The van der Waals surface area contributed by atoms with Crippen LogP contribution in [-0.2, 0) is 12.0 Å². The Morgan fingerprint density at radius 3 is 2.45 bits per heavy atom. The summed E-state index contributed by atoms with van der Waals surface area (Å²) >= 11 is 5.82. The van der Waals surface area contributed by atoms with Gasteiger partial charge in [0.05, 0.1) is 5.52 Å². The highest BCUT2D eigenvalue weighted by atomic mass is 35.5. The van der Waals surface area contributed by atoms with Crippen molar-refractivity contribution in [2.75, 3.05) is 5.88 Å². The van der Waals surface area contributed by atoms with Crippen LogP contribution in [0.5, 0.6) is 0 Å². The first kappa shape index (κ1) is 15.2. The Kier molecular flexibility index (Phi) is 4.33. The van der Waals surface area contributed by atoms with Gasteiger partial charge in [-0.2, -0.15) is 0 Å². The maximum absolute atomic E-state index is 14.2. The molecule has 0 aliphatic heterocycles. The second-order valence-corrected chi connectivity index (χ2v) is 5.61. The van der Waals surface area contributed by atoms with Crippen LogP contribution in [0.25, 0.3) is 11.0 Å². The van der Waals surface area contributed by atoms with Gasteiger partial charge in [-0.1, -0.05) is 13.8 Å². The monoisotopic (exact) mass is 300 g/mol. The van der Waals surface area contributed by atoms with Crippen LogP contribution in [0.3, 0.4) is 0 Å². The predicted octanol–water partition coefficient (Wildman–Crippen LogP) is 4.63. The summed E-state index contributed by atoms with van der Waals surface area (Å²) in [5, 5.41) is 0. The largest absolute Gasteiger partial charge is 0.320 e. The molecule has 1 aromatic heterocycles. The van der Waals surface area contributed by atoms with Gasteiger partial charge >= 0.3 is 0 Å². The number of nitrogens with zero attached hydrogens (tertiary/aromatic N) is 2. The Labute approximate surface area is 122 Å². The molecule has 0 saturated carbocycles. The second kappa shape index (κ2) is 5.68. The zero-order valence-corrected chi connectivity index (χ0v) is 12.8. The SMILES string of the molecule is CCC(C)(CC)n1c(CCCl)nc2ccc(F)c(F)c21. The van der Waals surface area contributed by atoms with E-state index in [1.807, 2.05) is 25.3 Å². The molecule has 0 aliphatic carbocycles. The summed E-state index contributed by atoms with van der Waals surface area (Å²) in [4.78, 5) is 4.44. The van der Waals surface area contributed by atoms with Gasteiger partial charge in [0.1, 0.15) is 11.3 Å². The van der Waals surface area contributed by atoms with Gasteiger partial charge in [0.15, 0.2) is 11.6 Å². The van der Waals surface area contributed by atoms with Crippen LogP contribution in [0.2, 0.25) is 0 Å². The van der Waals surface area contributed by atoms with Gasteiger partial charge in [-0.3, -0.25) is 0 Å². The zero-order valence-electron chi connectivity index (χ0n) is 12.0. The van der Waals surface area contributed by atoms with Crippen LogP contribution < -0.4 is 0 Å². The van der Waals surface area contributed by atoms with Crippen LogP contribution in [-0.4, -0.2) is 15.4 Å². The smallest absolute Gasteiger partial charge is 0.184 e. The van der Waals surface area contributed by atoms with E-state index in [0.717, 1.165) is 18.9 Å². The third-order valence-corrected chi connectivity index (χ3v) is 4.35. The lowest BCUT2D eigenvalue weighted by Gasteiger charge is -2.31. The van der Waals surface area contributed by atoms with Crippen LogP contribution in [0, 0.1) is 11.6 Å². The number of halogens is 3. The quantitative estimate of drug-likeness (QED) is 0.736. The van der Waals surface area contributed by atoms with Crippen LogP contribution in [0.15, 0.2) is 12.1 Å². The van der Waals surface area contributed by atoms with Crippen molar-refractivity contribution in [3.05, 3.63) is 29.6 Å². The molecule has 2 aromatic rings. The van der Waals surface area contributed by atoms with E-state index < -0.39 is 11.6 Å². The van der Waals surface area contributed by atoms with Gasteiger partial charge < -0.3 is 4.57 Å². The minimum atomic E-state index is -0.842. The van der Waals surface area contributed by atoms with E-state index in [-0.39, 0.29) is 11.1 Å². The molecule has 20 heavy (non-hydrogen) atoms. The van der Waals surface area contributed by atoms with Crippen molar-refractivity contribution >= 4 is 22.6 Å². The average molecular weight is 301 g/mol. The Balaban J connectivity index is 2.83. The van der Waals surface area contributed by atoms with Gasteiger partial charge in [0.25, 0.3) is 0 Å². The van der Waals surface area contributed by atoms with E-state index in [0.29, 0.717) is 23.6 Å². The topological polar surface area (TPSA) is 17.8 Å². The standard InChI is InChI=1S/C15H19ClF2N2/c1-4-15(3,5-2)20-12(8-9-16)19-11-7-6-10(17)13(18)14(11)20/h6-7H,4-5,8-9H2,1-3H3. The molecule has 2 rings (SSSR count). The highest BCUT2D eigenvalue weighted by Crippen LogP contribution is 2.33. The number of benzene rings is 1. The third kappa shape index (κ3) is 2.30. The van der Waals surface area contributed by atoms with Gasteiger partial charge in [-0.05, 0) is 31.9 Å². The van der Waals surface area contributed by atoms with Crippen molar-refractivity contribution in [3.8, 4) is 0 Å². The number of hydrogen-bond donors (Lipinski definition) is 0. The van der Waals surface area contributed by atoms with Gasteiger partial charge in [0, 0.05) is 17.8 Å². The molecule has 0 atom stereocenters. The first-order chi connectivity index (χ1) is 9.48. The molecule has 0 aliphatic rings. The second-order valence-electron chi connectivity index (χ2n) is 5.24. The summed E-state index contributed by atoms with van der Waals surface area (Å²) in [7, 11) is 0. The number of rotatable bonds is 5. The van der Waals surface area contributed by atoms with E-state index in [9.17, 15) is 8.78 Å². The molecule has 2 nitrogen and oxygen atoms in total. The van der Waals surface area contributed by atoms with Crippen LogP contribution in [0.4, 0.5) is 8.78 Å². The van der Waals surface area contributed by atoms with E-state index in [1.165, 1.54) is 6.07 Å². The maximum atomic E-state index is 14.2. The molecule has 0 unspecified atom stereocenters. The van der Waals surface area contributed by atoms with Crippen molar-refractivity contribution in [3.63, 3.8) is 0 Å². The first-order valence-corrected chi connectivity index (χ1v) is 7.43. The minimum absolute atomic E-state index is 0.247. The maximum Gasteiger partial charge on any atom is 0.184 e. The summed E-state index contributed by atoms with van der Waals surface area (Å²) in [6.07, 6.45) is 2.15. The molecule has 0 radical (unpaired) electrons. The number of imidazole rings is 1. The number of aromatic nitrogens is 2. The summed E-state index contributed by atoms with van der Waals surface area (Å²) in [6.45, 7) is 6.12. The number of alkyl halides is 1. The third-order valence-electron chi connectivity index (χ3n) is 4.16. The fourth-order valence-corrected chi connectivity index (χ4v) is 2.72. The van der Waals surface area contributed by atoms with E-state index >= 15 is 0 Å². The predicted molar refractivity (Wildman–Crippen MR) is 78.3 cm³/mol. The molecule has 1 aromatic carbocycles. The Morgan fingerprint density at radius 1 is 1.25 bits per heavy atom. The molecule has 0 fully saturated rings. The average Bonchev–Trinajstić information content (AvgIpc) is 2.82.